The normalized spacial score (nSPS) is 9.95. The molecule has 0 fully saturated rings. The number of amides is 1. The molecule has 0 saturated carbocycles. The van der Waals surface area contributed by atoms with Crippen molar-refractivity contribution in [2.75, 3.05) is 25.5 Å². The van der Waals surface area contributed by atoms with E-state index in [0.29, 0.717) is 19.5 Å². The van der Waals surface area contributed by atoms with Gasteiger partial charge in [-0.25, -0.2) is 0 Å². The largest absolute Gasteiger partial charge is 0.481 e. The van der Waals surface area contributed by atoms with E-state index >= 15 is 0 Å². The molecule has 0 aliphatic rings. The monoisotopic (exact) mass is 364 g/mol. The van der Waals surface area contributed by atoms with Crippen LogP contribution in [0.3, 0.4) is 0 Å². The van der Waals surface area contributed by atoms with Crippen molar-refractivity contribution in [3.8, 4) is 0 Å². The van der Waals surface area contributed by atoms with E-state index in [0.717, 1.165) is 10.2 Å². The lowest BCUT2D eigenvalue weighted by Crippen LogP contribution is -2.26. The first-order valence-electron chi connectivity index (χ1n) is 5.93. The van der Waals surface area contributed by atoms with Gasteiger partial charge < -0.3 is 15.3 Å². The molecule has 20 heavy (non-hydrogen) atoms. The maximum absolute atomic E-state index is 11.7. The van der Waals surface area contributed by atoms with Crippen LogP contribution in [-0.2, 0) is 9.59 Å². The van der Waals surface area contributed by atoms with Gasteiger partial charge in [0.05, 0.1) is 6.42 Å². The summed E-state index contributed by atoms with van der Waals surface area (Å²) in [5, 5.41) is 11.3. The average Bonchev–Trinajstić information content (AvgIpc) is 2.36. The van der Waals surface area contributed by atoms with Gasteiger partial charge >= 0.3 is 5.97 Å². The summed E-state index contributed by atoms with van der Waals surface area (Å²) >= 11 is 3.32. The van der Waals surface area contributed by atoms with Crippen molar-refractivity contribution in [1.82, 2.24) is 4.90 Å². The average molecular weight is 366 g/mol. The predicted octanol–water partition coefficient (Wildman–Crippen LogP) is 2.61. The number of carboxylic acid groups (broad SMARTS) is 1. The Morgan fingerprint density at radius 1 is 1.20 bits per heavy atom. The van der Waals surface area contributed by atoms with Gasteiger partial charge in [0.2, 0.25) is 5.91 Å². The molecular weight excluding hydrogens is 348 g/mol. The summed E-state index contributed by atoms with van der Waals surface area (Å²) in [5.74, 6) is -0.907. The number of hydrogen-bond acceptors (Lipinski definition) is 3. The van der Waals surface area contributed by atoms with Crippen LogP contribution < -0.4 is 5.32 Å². The molecule has 0 saturated heterocycles. The van der Waals surface area contributed by atoms with E-state index in [4.69, 9.17) is 5.11 Å². The molecule has 0 spiro atoms. The summed E-state index contributed by atoms with van der Waals surface area (Å²) in [5.41, 5.74) is 0.751. The predicted molar refractivity (Wildman–Crippen MR) is 84.4 cm³/mol. The lowest BCUT2D eigenvalue weighted by atomic mass is 10.3. The second kappa shape index (κ2) is 9.74. The van der Waals surface area contributed by atoms with Crippen LogP contribution in [-0.4, -0.2) is 42.0 Å². The highest BCUT2D eigenvalue weighted by Crippen LogP contribution is 2.14. The molecule has 5 nitrogen and oxygen atoms in total. The topological polar surface area (TPSA) is 69.6 Å². The van der Waals surface area contributed by atoms with Crippen molar-refractivity contribution in [3.63, 3.8) is 0 Å². The van der Waals surface area contributed by atoms with Crippen molar-refractivity contribution >= 4 is 45.9 Å². The zero-order chi connectivity index (χ0) is 14.3. The number of anilines is 1. The number of rotatable bonds is 7. The van der Waals surface area contributed by atoms with E-state index in [9.17, 15) is 9.59 Å². The number of carboxylic acids is 1. The molecule has 0 bridgehead atoms. The van der Waals surface area contributed by atoms with E-state index in [-0.39, 0.29) is 24.7 Å². The summed E-state index contributed by atoms with van der Waals surface area (Å²) in [6, 6.07) is 7.34. The van der Waals surface area contributed by atoms with E-state index in [1.807, 2.05) is 29.2 Å². The van der Waals surface area contributed by atoms with Crippen LogP contribution in [0.2, 0.25) is 0 Å². The molecule has 0 aromatic heterocycles. The lowest BCUT2D eigenvalue weighted by molar-refractivity contribution is -0.137. The van der Waals surface area contributed by atoms with Gasteiger partial charge in [0.15, 0.2) is 0 Å². The number of carbonyl (C=O) groups is 2. The molecule has 0 radical (unpaired) electrons. The quantitative estimate of drug-likeness (QED) is 0.779. The van der Waals surface area contributed by atoms with Crippen molar-refractivity contribution in [2.24, 2.45) is 0 Å². The second-order valence-corrected chi connectivity index (χ2v) is 5.17. The molecule has 1 aromatic rings. The summed E-state index contributed by atoms with van der Waals surface area (Å²) < 4.78 is 0.957. The molecule has 0 aliphatic heterocycles. The smallest absolute Gasteiger partial charge is 0.304 e. The third kappa shape index (κ3) is 8.14. The fourth-order valence-electron chi connectivity index (χ4n) is 1.45. The highest BCUT2D eigenvalue weighted by atomic mass is 79.9. The summed E-state index contributed by atoms with van der Waals surface area (Å²) in [6.07, 6.45) is 0.428. The van der Waals surface area contributed by atoms with Crippen molar-refractivity contribution in [3.05, 3.63) is 28.7 Å². The minimum Gasteiger partial charge on any atom is -0.481 e. The van der Waals surface area contributed by atoms with Crippen LogP contribution in [0.4, 0.5) is 5.69 Å². The van der Waals surface area contributed by atoms with Gasteiger partial charge in [-0.1, -0.05) is 15.9 Å². The van der Waals surface area contributed by atoms with Gasteiger partial charge in [-0.3, -0.25) is 9.59 Å². The van der Waals surface area contributed by atoms with Crippen LogP contribution >= 0.6 is 28.3 Å². The molecule has 1 aromatic carbocycles. The lowest BCUT2D eigenvalue weighted by Gasteiger charge is -2.14. The zero-order valence-electron chi connectivity index (χ0n) is 11.1. The molecule has 112 valence electrons. The molecule has 1 amide bonds. The minimum atomic E-state index is -0.828. The Kier molecular flexibility index (Phi) is 9.20. The standard InChI is InChI=1S/C13H17BrN2O3.ClH/c1-16(9-7-13(18)19)8-6-12(17)15-11-4-2-10(14)3-5-11;/h2-5H,6-9H2,1H3,(H,15,17)(H,18,19);1H. The van der Waals surface area contributed by atoms with E-state index in [2.05, 4.69) is 21.2 Å². The Morgan fingerprint density at radius 2 is 1.75 bits per heavy atom. The molecule has 2 N–H and O–H groups in total. The Balaban J connectivity index is 0.00000361. The SMILES string of the molecule is CN(CCC(=O)O)CCC(=O)Nc1ccc(Br)cc1.Cl. The van der Waals surface area contributed by atoms with Crippen LogP contribution in [0.1, 0.15) is 12.8 Å². The number of carbonyl (C=O) groups excluding carboxylic acids is 1. The summed E-state index contributed by atoms with van der Waals surface area (Å²) in [4.78, 5) is 23.9. The van der Waals surface area contributed by atoms with Crippen molar-refractivity contribution < 1.29 is 14.7 Å². The third-order valence-electron chi connectivity index (χ3n) is 2.56. The van der Waals surface area contributed by atoms with E-state index in [1.165, 1.54) is 0 Å². The number of benzene rings is 1. The van der Waals surface area contributed by atoms with Crippen LogP contribution in [0, 0.1) is 0 Å². The van der Waals surface area contributed by atoms with Crippen LogP contribution in [0.25, 0.3) is 0 Å². The number of halogens is 2. The zero-order valence-corrected chi connectivity index (χ0v) is 13.5. The van der Waals surface area contributed by atoms with Crippen molar-refractivity contribution in [1.29, 1.82) is 0 Å². The molecule has 0 unspecified atom stereocenters. The first-order valence-corrected chi connectivity index (χ1v) is 6.72. The molecular formula is C13H18BrClN2O3. The molecule has 0 atom stereocenters. The molecule has 1 rings (SSSR count). The molecule has 7 heteroatoms. The fraction of sp³-hybridized carbons (Fsp3) is 0.385. The van der Waals surface area contributed by atoms with Gasteiger partial charge in [0, 0.05) is 29.7 Å². The summed E-state index contributed by atoms with van der Waals surface area (Å²) in [6.45, 7) is 0.983. The number of hydrogen-bond donors (Lipinski definition) is 2. The first kappa shape index (κ1) is 18.9. The highest BCUT2D eigenvalue weighted by molar-refractivity contribution is 9.10. The van der Waals surface area contributed by atoms with Gasteiger partial charge in [0.25, 0.3) is 0 Å². The van der Waals surface area contributed by atoms with E-state index in [1.54, 1.807) is 7.05 Å². The maximum Gasteiger partial charge on any atom is 0.304 e. The summed E-state index contributed by atoms with van der Waals surface area (Å²) in [7, 11) is 1.80. The van der Waals surface area contributed by atoms with Gasteiger partial charge in [-0.2, -0.15) is 0 Å². The number of nitrogens with zero attached hydrogens (tertiary/aromatic N) is 1. The van der Waals surface area contributed by atoms with Crippen LogP contribution in [0.5, 0.6) is 0 Å². The first-order chi connectivity index (χ1) is 8.97. The van der Waals surface area contributed by atoms with E-state index < -0.39 is 5.97 Å². The Hall–Kier alpha value is -1.11. The fourth-order valence-corrected chi connectivity index (χ4v) is 1.71. The van der Waals surface area contributed by atoms with Gasteiger partial charge in [0.1, 0.15) is 0 Å². The van der Waals surface area contributed by atoms with Crippen LogP contribution in [0.15, 0.2) is 28.7 Å². The number of aliphatic carboxylic acids is 1. The second-order valence-electron chi connectivity index (χ2n) is 4.25. The maximum atomic E-state index is 11.7. The van der Waals surface area contributed by atoms with Crippen molar-refractivity contribution in [2.45, 2.75) is 12.8 Å². The molecule has 0 heterocycles. The highest BCUT2D eigenvalue weighted by Gasteiger charge is 2.06. The Morgan fingerprint density at radius 3 is 2.30 bits per heavy atom. The minimum absolute atomic E-state index is 0. The Bertz CT molecular complexity index is 440. The Labute approximate surface area is 132 Å². The van der Waals surface area contributed by atoms with Gasteiger partial charge in [-0.05, 0) is 31.3 Å². The third-order valence-corrected chi connectivity index (χ3v) is 3.08. The number of nitrogens with one attached hydrogen (secondary N) is 1. The van der Waals surface area contributed by atoms with Gasteiger partial charge in [-0.15, -0.1) is 12.4 Å². The molecule has 0 aliphatic carbocycles.